The zero-order valence-electron chi connectivity index (χ0n) is 14.3. The molecular formula is C17H23FN4O3. The van der Waals surface area contributed by atoms with E-state index in [1.807, 2.05) is 0 Å². The standard InChI is InChI=1S/C17H23FN4O3/c1-9(10-3-5-12(19)6-4-10)20-14-8-11(7-13(18)15(14)24-2)16-21-22-17(23)25-16/h7-10,12,20H,3-6,19H2,1-2H3,(H,22,23)/t9-,10?,12?/m0/s1. The fourth-order valence-corrected chi connectivity index (χ4v) is 3.39. The summed E-state index contributed by atoms with van der Waals surface area (Å²) in [6.45, 7) is 2.07. The zero-order chi connectivity index (χ0) is 18.0. The van der Waals surface area contributed by atoms with Crippen LogP contribution in [0.25, 0.3) is 11.5 Å². The SMILES string of the molecule is COc1c(F)cc(-c2n[nH]c(=O)o2)cc1N[C@@H](C)C1CCC(N)CC1. The lowest BCUT2D eigenvalue weighted by Crippen LogP contribution is -2.34. The third-order valence-electron chi connectivity index (χ3n) is 4.84. The summed E-state index contributed by atoms with van der Waals surface area (Å²) in [6.07, 6.45) is 4.07. The van der Waals surface area contributed by atoms with E-state index in [2.05, 4.69) is 22.4 Å². The highest BCUT2D eigenvalue weighted by Gasteiger charge is 2.25. The van der Waals surface area contributed by atoms with Gasteiger partial charge in [-0.25, -0.2) is 14.3 Å². The van der Waals surface area contributed by atoms with Gasteiger partial charge in [-0.3, -0.25) is 0 Å². The van der Waals surface area contributed by atoms with Crippen molar-refractivity contribution in [1.29, 1.82) is 0 Å². The molecule has 7 nitrogen and oxygen atoms in total. The first-order chi connectivity index (χ1) is 12.0. The normalized spacial score (nSPS) is 21.8. The number of anilines is 1. The maximum absolute atomic E-state index is 14.4. The number of aromatic amines is 1. The predicted octanol–water partition coefficient (Wildman–Crippen LogP) is 2.50. The molecule has 0 bridgehead atoms. The molecule has 0 amide bonds. The number of nitrogens with one attached hydrogen (secondary N) is 2. The van der Waals surface area contributed by atoms with Gasteiger partial charge in [-0.1, -0.05) is 0 Å². The van der Waals surface area contributed by atoms with Crippen molar-refractivity contribution < 1.29 is 13.5 Å². The van der Waals surface area contributed by atoms with Crippen molar-refractivity contribution in [2.45, 2.75) is 44.7 Å². The molecule has 1 saturated carbocycles. The molecule has 136 valence electrons. The summed E-state index contributed by atoms with van der Waals surface area (Å²) in [6, 6.07) is 3.31. The van der Waals surface area contributed by atoms with Crippen molar-refractivity contribution in [3.8, 4) is 17.2 Å². The van der Waals surface area contributed by atoms with Gasteiger partial charge in [-0.05, 0) is 50.7 Å². The molecule has 0 saturated heterocycles. The third-order valence-corrected chi connectivity index (χ3v) is 4.84. The van der Waals surface area contributed by atoms with E-state index >= 15 is 0 Å². The Hall–Kier alpha value is -2.35. The summed E-state index contributed by atoms with van der Waals surface area (Å²) in [5, 5.41) is 9.26. The number of rotatable bonds is 5. The molecular weight excluding hydrogens is 327 g/mol. The number of hydrogen-bond acceptors (Lipinski definition) is 6. The maximum atomic E-state index is 14.4. The van der Waals surface area contributed by atoms with Crippen LogP contribution in [0.4, 0.5) is 10.1 Å². The minimum Gasteiger partial charge on any atom is -0.492 e. The van der Waals surface area contributed by atoms with Gasteiger partial charge < -0.3 is 20.2 Å². The number of H-pyrrole nitrogens is 1. The van der Waals surface area contributed by atoms with Crippen molar-refractivity contribution >= 4 is 5.69 Å². The Bertz CT molecular complexity index is 780. The molecule has 1 aliphatic carbocycles. The molecule has 0 aliphatic heterocycles. The summed E-state index contributed by atoms with van der Waals surface area (Å²) < 4.78 is 24.5. The number of nitrogens with zero attached hydrogens (tertiary/aromatic N) is 1. The van der Waals surface area contributed by atoms with Crippen LogP contribution in [0.1, 0.15) is 32.6 Å². The highest BCUT2D eigenvalue weighted by molar-refractivity contribution is 5.68. The molecule has 1 aromatic heterocycles. The largest absolute Gasteiger partial charge is 0.492 e. The second kappa shape index (κ2) is 7.26. The molecule has 0 unspecified atom stereocenters. The Morgan fingerprint density at radius 1 is 1.40 bits per heavy atom. The third kappa shape index (κ3) is 3.84. The summed E-state index contributed by atoms with van der Waals surface area (Å²) in [4.78, 5) is 11.1. The smallest absolute Gasteiger partial charge is 0.434 e. The number of hydrogen-bond donors (Lipinski definition) is 3. The van der Waals surface area contributed by atoms with Crippen LogP contribution in [0.3, 0.4) is 0 Å². The van der Waals surface area contributed by atoms with Crippen molar-refractivity contribution in [2.75, 3.05) is 12.4 Å². The Kier molecular flexibility index (Phi) is 5.08. The van der Waals surface area contributed by atoms with Gasteiger partial charge in [0.2, 0.25) is 5.89 Å². The first-order valence-corrected chi connectivity index (χ1v) is 8.43. The summed E-state index contributed by atoms with van der Waals surface area (Å²) in [7, 11) is 1.42. The fourth-order valence-electron chi connectivity index (χ4n) is 3.39. The molecule has 1 atom stereocenters. The van der Waals surface area contributed by atoms with Crippen molar-refractivity contribution in [3.05, 3.63) is 28.5 Å². The van der Waals surface area contributed by atoms with Crippen LogP contribution in [0.15, 0.2) is 21.3 Å². The van der Waals surface area contributed by atoms with Crippen LogP contribution in [-0.2, 0) is 0 Å². The summed E-state index contributed by atoms with van der Waals surface area (Å²) in [5.74, 6) is -0.620. The van der Waals surface area contributed by atoms with Gasteiger partial charge in [-0.2, -0.15) is 0 Å². The number of aromatic nitrogens is 2. The molecule has 1 heterocycles. The van der Waals surface area contributed by atoms with Crippen LogP contribution in [-0.4, -0.2) is 29.4 Å². The van der Waals surface area contributed by atoms with Crippen LogP contribution in [0.5, 0.6) is 5.75 Å². The number of methoxy groups -OCH3 is 1. The lowest BCUT2D eigenvalue weighted by atomic mass is 9.82. The zero-order valence-corrected chi connectivity index (χ0v) is 14.3. The Morgan fingerprint density at radius 2 is 2.12 bits per heavy atom. The van der Waals surface area contributed by atoms with Crippen LogP contribution in [0.2, 0.25) is 0 Å². The van der Waals surface area contributed by atoms with E-state index in [-0.39, 0.29) is 23.7 Å². The van der Waals surface area contributed by atoms with Crippen LogP contribution >= 0.6 is 0 Å². The molecule has 2 aromatic rings. The second-order valence-corrected chi connectivity index (χ2v) is 6.57. The quantitative estimate of drug-likeness (QED) is 0.765. The Labute approximate surface area is 144 Å². The lowest BCUT2D eigenvalue weighted by molar-refractivity contribution is 0.301. The van der Waals surface area contributed by atoms with E-state index in [0.29, 0.717) is 17.2 Å². The molecule has 1 fully saturated rings. The first-order valence-electron chi connectivity index (χ1n) is 8.43. The van der Waals surface area contributed by atoms with Crippen LogP contribution < -0.4 is 21.5 Å². The fraction of sp³-hybridized carbons (Fsp3) is 0.529. The number of nitrogens with two attached hydrogens (primary N) is 1. The molecule has 4 N–H and O–H groups in total. The molecule has 3 rings (SSSR count). The molecule has 1 aromatic carbocycles. The van der Waals surface area contributed by atoms with Gasteiger partial charge in [0.15, 0.2) is 11.6 Å². The van der Waals surface area contributed by atoms with Crippen molar-refractivity contribution in [1.82, 2.24) is 10.2 Å². The number of ether oxygens (including phenoxy) is 1. The molecule has 0 radical (unpaired) electrons. The van der Waals surface area contributed by atoms with Gasteiger partial charge in [0.05, 0.1) is 12.8 Å². The number of halogens is 1. The summed E-state index contributed by atoms with van der Waals surface area (Å²) >= 11 is 0. The van der Waals surface area contributed by atoms with Gasteiger partial charge in [0.25, 0.3) is 0 Å². The van der Waals surface area contributed by atoms with E-state index in [1.54, 1.807) is 6.07 Å². The van der Waals surface area contributed by atoms with E-state index in [4.69, 9.17) is 14.9 Å². The Balaban J connectivity index is 1.86. The van der Waals surface area contributed by atoms with E-state index in [9.17, 15) is 9.18 Å². The maximum Gasteiger partial charge on any atom is 0.434 e. The van der Waals surface area contributed by atoms with Gasteiger partial charge in [0, 0.05) is 17.6 Å². The average Bonchev–Trinajstić information content (AvgIpc) is 3.01. The topological polar surface area (TPSA) is 106 Å². The number of benzene rings is 1. The highest BCUT2D eigenvalue weighted by Crippen LogP contribution is 2.35. The molecule has 0 spiro atoms. The second-order valence-electron chi connectivity index (χ2n) is 6.57. The minimum atomic E-state index is -0.687. The minimum absolute atomic E-state index is 0.0332. The van der Waals surface area contributed by atoms with Gasteiger partial charge in [0.1, 0.15) is 0 Å². The van der Waals surface area contributed by atoms with Crippen molar-refractivity contribution in [2.24, 2.45) is 11.7 Å². The van der Waals surface area contributed by atoms with E-state index in [0.717, 1.165) is 25.7 Å². The van der Waals surface area contributed by atoms with E-state index < -0.39 is 11.6 Å². The van der Waals surface area contributed by atoms with Crippen LogP contribution in [0, 0.1) is 11.7 Å². The summed E-state index contributed by atoms with van der Waals surface area (Å²) in [5.41, 5.74) is 6.83. The Morgan fingerprint density at radius 3 is 2.72 bits per heavy atom. The average molecular weight is 350 g/mol. The van der Waals surface area contributed by atoms with Gasteiger partial charge in [-0.15, -0.1) is 5.10 Å². The monoisotopic (exact) mass is 350 g/mol. The highest BCUT2D eigenvalue weighted by atomic mass is 19.1. The van der Waals surface area contributed by atoms with Crippen molar-refractivity contribution in [3.63, 3.8) is 0 Å². The van der Waals surface area contributed by atoms with E-state index in [1.165, 1.54) is 13.2 Å². The lowest BCUT2D eigenvalue weighted by Gasteiger charge is -2.32. The molecule has 25 heavy (non-hydrogen) atoms. The predicted molar refractivity (Wildman–Crippen MR) is 92.1 cm³/mol. The first kappa shape index (κ1) is 17.5. The molecule has 1 aliphatic rings. The van der Waals surface area contributed by atoms with Gasteiger partial charge >= 0.3 is 5.76 Å². The molecule has 8 heteroatoms.